The zero-order valence-corrected chi connectivity index (χ0v) is 16.3. The number of hydrogen-bond donors (Lipinski definition) is 2. The molecule has 2 aliphatic heterocycles. The first-order chi connectivity index (χ1) is 14.0. The molecule has 4 rings (SSSR count). The molecule has 0 saturated carbocycles. The summed E-state index contributed by atoms with van der Waals surface area (Å²) in [5, 5.41) is 22.5. The number of aliphatic carboxylic acids is 1. The minimum Gasteiger partial charge on any atom is -0.480 e. The number of nitrogens with one attached hydrogen (secondary N) is 1. The van der Waals surface area contributed by atoms with Crippen molar-refractivity contribution in [3.8, 4) is 0 Å². The largest absolute Gasteiger partial charge is 0.480 e. The number of nitrogens with zero attached hydrogens (tertiary/aromatic N) is 4. The second-order valence-corrected chi connectivity index (χ2v) is 7.25. The maximum atomic E-state index is 12.9. The van der Waals surface area contributed by atoms with Crippen LogP contribution in [-0.2, 0) is 21.4 Å². The van der Waals surface area contributed by atoms with Crippen LogP contribution in [0.2, 0.25) is 0 Å². The molecule has 2 aliphatic rings. The van der Waals surface area contributed by atoms with Crippen molar-refractivity contribution >= 4 is 23.3 Å². The number of hydrogen-bond acceptors (Lipinski definition) is 6. The van der Waals surface area contributed by atoms with Crippen LogP contribution < -0.4 is 10.3 Å². The zero-order valence-electron chi connectivity index (χ0n) is 16.3. The fourth-order valence-electron chi connectivity index (χ4n) is 3.75. The van der Waals surface area contributed by atoms with Crippen molar-refractivity contribution in [2.75, 3.05) is 11.6 Å². The molecule has 0 spiro atoms. The van der Waals surface area contributed by atoms with Gasteiger partial charge >= 0.3 is 5.97 Å². The number of anilines is 1. The lowest BCUT2D eigenvalue weighted by Crippen LogP contribution is -2.41. The minimum atomic E-state index is -1.02. The molecule has 9 heteroatoms. The highest BCUT2D eigenvalue weighted by Gasteiger charge is 2.39. The molecule has 1 unspecified atom stereocenters. The molecule has 0 radical (unpaired) electrons. The third-order valence-corrected chi connectivity index (χ3v) is 5.47. The molecule has 1 aromatic carbocycles. The Bertz CT molecular complexity index is 955. The summed E-state index contributed by atoms with van der Waals surface area (Å²) in [6.45, 7) is 2.49. The number of benzene rings is 1. The third kappa shape index (κ3) is 3.61. The van der Waals surface area contributed by atoms with Gasteiger partial charge in [0.2, 0.25) is 0 Å². The summed E-state index contributed by atoms with van der Waals surface area (Å²) < 4.78 is 7.62. The zero-order chi connectivity index (χ0) is 20.5. The average Bonchev–Trinajstić information content (AvgIpc) is 3.42. The normalized spacial score (nSPS) is 23.9. The molecule has 1 fully saturated rings. The van der Waals surface area contributed by atoms with Crippen LogP contribution >= 0.6 is 0 Å². The first kappa shape index (κ1) is 19.1. The van der Waals surface area contributed by atoms with Crippen molar-refractivity contribution in [3.05, 3.63) is 47.8 Å². The molecule has 0 bridgehead atoms. The van der Waals surface area contributed by atoms with Gasteiger partial charge < -0.3 is 15.2 Å². The number of ether oxygens (including phenoxy) is 1. The standard InChI is InChI=1S/C20H23N5O4/c1-12-14(11-21-24(12)2)18-15(8-9-29-18)22-19(26)16-10-17(20(27)28)25(23-16)13-6-4-3-5-7-13/h3-7,11,15,17-18H,8-10H2,1-2H3,(H,22,26)(H,27,28)/t15-,17?,18+/m0/s1. The maximum Gasteiger partial charge on any atom is 0.328 e. The van der Waals surface area contributed by atoms with E-state index in [0.29, 0.717) is 18.7 Å². The van der Waals surface area contributed by atoms with Crippen LogP contribution in [0.3, 0.4) is 0 Å². The smallest absolute Gasteiger partial charge is 0.328 e. The van der Waals surface area contributed by atoms with Gasteiger partial charge in [-0.05, 0) is 25.5 Å². The van der Waals surface area contributed by atoms with Crippen LogP contribution in [0.5, 0.6) is 0 Å². The number of carbonyl (C=O) groups is 2. The Labute approximate surface area is 168 Å². The summed E-state index contributed by atoms with van der Waals surface area (Å²) in [5.74, 6) is -1.38. The van der Waals surface area contributed by atoms with E-state index in [0.717, 1.165) is 11.3 Å². The number of hydrazone groups is 1. The second-order valence-electron chi connectivity index (χ2n) is 7.25. The van der Waals surface area contributed by atoms with E-state index in [1.54, 1.807) is 35.1 Å². The molecular formula is C20H23N5O4. The van der Waals surface area contributed by atoms with Crippen LogP contribution in [-0.4, -0.2) is 51.2 Å². The number of aryl methyl sites for hydroxylation is 1. The summed E-state index contributed by atoms with van der Waals surface area (Å²) in [6.07, 6.45) is 2.19. The Morgan fingerprint density at radius 3 is 2.69 bits per heavy atom. The van der Waals surface area contributed by atoms with E-state index in [1.165, 1.54) is 5.01 Å². The van der Waals surface area contributed by atoms with Crippen molar-refractivity contribution < 1.29 is 19.4 Å². The van der Waals surface area contributed by atoms with E-state index in [4.69, 9.17) is 4.74 Å². The predicted molar refractivity (Wildman–Crippen MR) is 106 cm³/mol. The molecule has 1 saturated heterocycles. The molecule has 0 aliphatic carbocycles. The van der Waals surface area contributed by atoms with Gasteiger partial charge in [0.1, 0.15) is 11.8 Å². The molecule has 1 aromatic heterocycles. The number of carbonyl (C=O) groups excluding carboxylic acids is 1. The SMILES string of the molecule is Cc1c([C@H]2OCC[C@@H]2NC(=O)C2=NN(c3ccccc3)C(C(=O)O)C2)cnn1C. The van der Waals surface area contributed by atoms with Gasteiger partial charge in [-0.15, -0.1) is 0 Å². The molecule has 3 atom stereocenters. The summed E-state index contributed by atoms with van der Waals surface area (Å²) in [7, 11) is 1.86. The lowest BCUT2D eigenvalue weighted by Gasteiger charge is -2.19. The first-order valence-corrected chi connectivity index (χ1v) is 9.51. The molecule has 152 valence electrons. The highest BCUT2D eigenvalue weighted by Crippen LogP contribution is 2.31. The van der Waals surface area contributed by atoms with Crippen LogP contribution in [0.25, 0.3) is 0 Å². The number of carboxylic acid groups (broad SMARTS) is 1. The third-order valence-electron chi connectivity index (χ3n) is 5.47. The number of carboxylic acids is 1. The Morgan fingerprint density at radius 2 is 2.03 bits per heavy atom. The van der Waals surface area contributed by atoms with Gasteiger partial charge in [-0.1, -0.05) is 18.2 Å². The predicted octanol–water partition coefficient (Wildman–Crippen LogP) is 1.39. The lowest BCUT2D eigenvalue weighted by molar-refractivity contribution is -0.138. The van der Waals surface area contributed by atoms with Crippen molar-refractivity contribution in [1.82, 2.24) is 15.1 Å². The van der Waals surface area contributed by atoms with Crippen LogP contribution in [0.4, 0.5) is 5.69 Å². The Kier molecular flexibility index (Phi) is 5.06. The van der Waals surface area contributed by atoms with E-state index in [9.17, 15) is 14.7 Å². The highest BCUT2D eigenvalue weighted by molar-refractivity contribution is 6.40. The molecule has 2 N–H and O–H groups in total. The number of rotatable bonds is 5. The number of para-hydroxylation sites is 1. The quantitative estimate of drug-likeness (QED) is 0.789. The highest BCUT2D eigenvalue weighted by atomic mass is 16.5. The van der Waals surface area contributed by atoms with Crippen molar-refractivity contribution in [2.24, 2.45) is 12.1 Å². The average molecular weight is 397 g/mol. The van der Waals surface area contributed by atoms with Gasteiger partial charge in [-0.25, -0.2) is 4.79 Å². The van der Waals surface area contributed by atoms with Gasteiger partial charge in [0.05, 0.1) is 17.9 Å². The topological polar surface area (TPSA) is 109 Å². The number of aromatic nitrogens is 2. The molecule has 1 amide bonds. The van der Waals surface area contributed by atoms with E-state index < -0.39 is 12.0 Å². The Morgan fingerprint density at radius 1 is 1.28 bits per heavy atom. The van der Waals surface area contributed by atoms with Crippen LogP contribution in [0.15, 0.2) is 41.6 Å². The van der Waals surface area contributed by atoms with Crippen molar-refractivity contribution in [3.63, 3.8) is 0 Å². The molecule has 9 nitrogen and oxygen atoms in total. The molecule has 29 heavy (non-hydrogen) atoms. The summed E-state index contributed by atoms with van der Waals surface area (Å²) in [5.41, 5.74) is 2.76. The fourth-order valence-corrected chi connectivity index (χ4v) is 3.75. The summed E-state index contributed by atoms with van der Waals surface area (Å²) in [4.78, 5) is 24.6. The molecule has 2 aromatic rings. The van der Waals surface area contributed by atoms with Gasteiger partial charge in [0, 0.05) is 31.3 Å². The van der Waals surface area contributed by atoms with Crippen molar-refractivity contribution in [2.45, 2.75) is 38.0 Å². The molecular weight excluding hydrogens is 374 g/mol. The lowest BCUT2D eigenvalue weighted by atomic mass is 10.0. The Balaban J connectivity index is 1.52. The minimum absolute atomic E-state index is 0.0419. The monoisotopic (exact) mass is 397 g/mol. The van der Waals surface area contributed by atoms with Gasteiger partial charge in [-0.3, -0.25) is 14.5 Å². The van der Waals surface area contributed by atoms with E-state index >= 15 is 0 Å². The fraction of sp³-hybridized carbons (Fsp3) is 0.400. The van der Waals surface area contributed by atoms with Crippen molar-refractivity contribution in [1.29, 1.82) is 0 Å². The second kappa shape index (κ2) is 7.67. The van der Waals surface area contributed by atoms with Gasteiger partial charge in [0.15, 0.2) is 6.04 Å². The summed E-state index contributed by atoms with van der Waals surface area (Å²) >= 11 is 0. The van der Waals surface area contributed by atoms with Crippen LogP contribution in [0, 0.1) is 6.92 Å². The molecule has 3 heterocycles. The van der Waals surface area contributed by atoms with E-state index in [1.807, 2.05) is 20.0 Å². The Hall–Kier alpha value is -3.20. The first-order valence-electron chi connectivity index (χ1n) is 9.51. The van der Waals surface area contributed by atoms with Crippen LogP contribution in [0.1, 0.15) is 30.2 Å². The van der Waals surface area contributed by atoms with Gasteiger partial charge in [-0.2, -0.15) is 10.2 Å². The maximum absolute atomic E-state index is 12.9. The van der Waals surface area contributed by atoms with Gasteiger partial charge in [0.25, 0.3) is 5.91 Å². The van der Waals surface area contributed by atoms with E-state index in [2.05, 4.69) is 15.5 Å². The van der Waals surface area contributed by atoms with E-state index in [-0.39, 0.29) is 30.2 Å². The summed E-state index contributed by atoms with van der Waals surface area (Å²) in [6, 6.07) is 7.86. The number of amides is 1.